The molecule has 0 aliphatic carbocycles. The molecule has 0 amide bonds. The highest BCUT2D eigenvalue weighted by molar-refractivity contribution is 5.74. The van der Waals surface area contributed by atoms with Gasteiger partial charge in [0.1, 0.15) is 23.8 Å². The van der Waals surface area contributed by atoms with Gasteiger partial charge in [-0.1, -0.05) is 0 Å². The molecular weight excluding hydrogens is 202 g/mol. The van der Waals surface area contributed by atoms with Gasteiger partial charge in [0, 0.05) is 6.07 Å². The van der Waals surface area contributed by atoms with E-state index in [2.05, 4.69) is 4.99 Å². The molecule has 2 N–H and O–H groups in total. The molecule has 0 saturated heterocycles. The first kappa shape index (κ1) is 9.89. The van der Waals surface area contributed by atoms with Crippen LogP contribution in [0.15, 0.2) is 23.2 Å². The summed E-state index contributed by atoms with van der Waals surface area (Å²) < 4.78 is 31.0. The van der Waals surface area contributed by atoms with Crippen LogP contribution in [0.25, 0.3) is 0 Å². The largest absolute Gasteiger partial charge is 0.462 e. The van der Waals surface area contributed by atoms with Gasteiger partial charge in [0.2, 0.25) is 0 Å². The Kier molecular flexibility index (Phi) is 2.10. The third-order valence-electron chi connectivity index (χ3n) is 2.34. The quantitative estimate of drug-likeness (QED) is 0.767. The van der Waals surface area contributed by atoms with Crippen molar-refractivity contribution >= 4 is 6.02 Å². The number of benzene rings is 1. The third-order valence-corrected chi connectivity index (χ3v) is 2.34. The molecular formula is C10H10F2N2O. The molecule has 0 spiro atoms. The molecule has 0 fully saturated rings. The number of aliphatic imine (C=N–C) groups is 1. The van der Waals surface area contributed by atoms with E-state index < -0.39 is 17.2 Å². The Labute approximate surface area is 85.6 Å². The van der Waals surface area contributed by atoms with Crippen molar-refractivity contribution in [3.8, 4) is 0 Å². The highest BCUT2D eigenvalue weighted by atomic mass is 19.1. The van der Waals surface area contributed by atoms with Crippen LogP contribution >= 0.6 is 0 Å². The maximum atomic E-state index is 13.0. The minimum atomic E-state index is -0.799. The zero-order chi connectivity index (χ0) is 11.1. The van der Waals surface area contributed by atoms with Gasteiger partial charge in [-0.05, 0) is 24.6 Å². The molecule has 1 aliphatic heterocycles. The van der Waals surface area contributed by atoms with Crippen molar-refractivity contribution in [2.45, 2.75) is 12.5 Å². The molecule has 0 radical (unpaired) electrons. The van der Waals surface area contributed by atoms with E-state index in [1.54, 1.807) is 6.92 Å². The number of hydrogen-bond donors (Lipinski definition) is 1. The van der Waals surface area contributed by atoms with Crippen LogP contribution in [0.2, 0.25) is 0 Å². The first-order valence-corrected chi connectivity index (χ1v) is 4.44. The van der Waals surface area contributed by atoms with Gasteiger partial charge in [0.15, 0.2) is 0 Å². The topological polar surface area (TPSA) is 47.6 Å². The average Bonchev–Trinajstić information content (AvgIpc) is 2.46. The number of hydrogen-bond acceptors (Lipinski definition) is 3. The molecule has 2 rings (SSSR count). The maximum Gasteiger partial charge on any atom is 0.283 e. The smallest absolute Gasteiger partial charge is 0.283 e. The maximum absolute atomic E-state index is 13.0. The minimum Gasteiger partial charge on any atom is -0.462 e. The van der Waals surface area contributed by atoms with E-state index in [1.165, 1.54) is 12.1 Å². The Bertz CT molecular complexity index is 413. The van der Waals surface area contributed by atoms with E-state index in [9.17, 15) is 8.78 Å². The van der Waals surface area contributed by atoms with Crippen LogP contribution < -0.4 is 5.73 Å². The number of ether oxygens (including phenoxy) is 1. The van der Waals surface area contributed by atoms with Gasteiger partial charge in [-0.2, -0.15) is 0 Å². The lowest BCUT2D eigenvalue weighted by atomic mass is 9.94. The lowest BCUT2D eigenvalue weighted by Gasteiger charge is -2.18. The molecule has 0 saturated carbocycles. The SMILES string of the molecule is CC1(c2cc(F)cc(F)c2)COC(N)=N1. The van der Waals surface area contributed by atoms with E-state index in [4.69, 9.17) is 10.5 Å². The summed E-state index contributed by atoms with van der Waals surface area (Å²) in [6, 6.07) is 3.32. The van der Waals surface area contributed by atoms with E-state index >= 15 is 0 Å². The van der Waals surface area contributed by atoms with Gasteiger partial charge in [-0.25, -0.2) is 13.8 Å². The second kappa shape index (κ2) is 3.18. The van der Waals surface area contributed by atoms with Gasteiger partial charge in [0.25, 0.3) is 6.02 Å². The Balaban J connectivity index is 2.45. The van der Waals surface area contributed by atoms with E-state index in [-0.39, 0.29) is 12.6 Å². The molecule has 1 aliphatic rings. The summed E-state index contributed by atoms with van der Waals surface area (Å²) in [5.41, 5.74) is 4.98. The second-order valence-electron chi connectivity index (χ2n) is 3.67. The van der Waals surface area contributed by atoms with Gasteiger partial charge in [-0.15, -0.1) is 0 Å². The van der Waals surface area contributed by atoms with E-state index in [0.29, 0.717) is 5.56 Å². The summed E-state index contributed by atoms with van der Waals surface area (Å²) in [7, 11) is 0. The first-order chi connectivity index (χ1) is 6.99. The third kappa shape index (κ3) is 1.77. The first-order valence-electron chi connectivity index (χ1n) is 4.44. The van der Waals surface area contributed by atoms with Gasteiger partial charge >= 0.3 is 0 Å². The van der Waals surface area contributed by atoms with Crippen LogP contribution in [0.5, 0.6) is 0 Å². The summed E-state index contributed by atoms with van der Waals surface area (Å²) in [5, 5.41) is 0. The summed E-state index contributed by atoms with van der Waals surface area (Å²) in [4.78, 5) is 4.01. The molecule has 15 heavy (non-hydrogen) atoms. The normalized spacial score (nSPS) is 24.9. The van der Waals surface area contributed by atoms with Crippen molar-refractivity contribution in [2.24, 2.45) is 10.7 Å². The van der Waals surface area contributed by atoms with Crippen molar-refractivity contribution in [3.05, 3.63) is 35.4 Å². The lowest BCUT2D eigenvalue weighted by Crippen LogP contribution is -2.21. The predicted octanol–water partition coefficient (Wildman–Crippen LogP) is 1.52. The molecule has 1 unspecified atom stereocenters. The predicted molar refractivity (Wildman–Crippen MR) is 51.3 cm³/mol. The van der Waals surface area contributed by atoms with Crippen LogP contribution in [0.3, 0.4) is 0 Å². The highest BCUT2D eigenvalue weighted by Gasteiger charge is 2.33. The molecule has 1 aromatic rings. The second-order valence-corrected chi connectivity index (χ2v) is 3.67. The lowest BCUT2D eigenvalue weighted by molar-refractivity contribution is 0.265. The fraction of sp³-hybridized carbons (Fsp3) is 0.300. The van der Waals surface area contributed by atoms with Crippen LogP contribution in [-0.4, -0.2) is 12.6 Å². The molecule has 1 aromatic carbocycles. The summed E-state index contributed by atoms with van der Waals surface area (Å²) in [6.45, 7) is 1.91. The molecule has 1 heterocycles. The average molecular weight is 212 g/mol. The zero-order valence-corrected chi connectivity index (χ0v) is 8.13. The molecule has 3 nitrogen and oxygen atoms in total. The van der Waals surface area contributed by atoms with Crippen LogP contribution in [-0.2, 0) is 10.3 Å². The standard InChI is InChI=1S/C10H10F2N2O/c1-10(5-15-9(13)14-10)6-2-7(11)4-8(12)3-6/h2-4H,5H2,1H3,(H2,13,14). The molecule has 80 valence electrons. The van der Waals surface area contributed by atoms with Crippen molar-refractivity contribution in [2.75, 3.05) is 6.61 Å². The van der Waals surface area contributed by atoms with Crippen molar-refractivity contribution < 1.29 is 13.5 Å². The Morgan fingerprint density at radius 2 is 1.93 bits per heavy atom. The van der Waals surface area contributed by atoms with Crippen molar-refractivity contribution in [1.82, 2.24) is 0 Å². The Morgan fingerprint density at radius 1 is 1.33 bits per heavy atom. The Morgan fingerprint density at radius 3 is 2.40 bits per heavy atom. The summed E-state index contributed by atoms with van der Waals surface area (Å²) >= 11 is 0. The summed E-state index contributed by atoms with van der Waals surface area (Å²) in [6.07, 6.45) is 0. The van der Waals surface area contributed by atoms with Crippen molar-refractivity contribution in [1.29, 1.82) is 0 Å². The number of halogens is 2. The van der Waals surface area contributed by atoms with Gasteiger partial charge in [0.05, 0.1) is 0 Å². The summed E-state index contributed by atoms with van der Waals surface area (Å²) in [5.74, 6) is -1.27. The fourth-order valence-corrected chi connectivity index (χ4v) is 1.53. The van der Waals surface area contributed by atoms with E-state index in [1.807, 2.05) is 0 Å². The van der Waals surface area contributed by atoms with Crippen LogP contribution in [0.1, 0.15) is 12.5 Å². The van der Waals surface area contributed by atoms with Crippen LogP contribution in [0.4, 0.5) is 8.78 Å². The minimum absolute atomic E-state index is 0.0437. The fourth-order valence-electron chi connectivity index (χ4n) is 1.53. The number of rotatable bonds is 1. The molecule has 1 atom stereocenters. The van der Waals surface area contributed by atoms with Gasteiger partial charge < -0.3 is 10.5 Å². The monoisotopic (exact) mass is 212 g/mol. The number of nitrogens with zero attached hydrogens (tertiary/aromatic N) is 1. The highest BCUT2D eigenvalue weighted by Crippen LogP contribution is 2.30. The zero-order valence-electron chi connectivity index (χ0n) is 8.13. The number of amidine groups is 1. The van der Waals surface area contributed by atoms with Crippen molar-refractivity contribution in [3.63, 3.8) is 0 Å². The molecule has 0 bridgehead atoms. The van der Waals surface area contributed by atoms with Crippen LogP contribution in [0, 0.1) is 11.6 Å². The molecule has 0 aromatic heterocycles. The molecule has 5 heteroatoms. The Hall–Kier alpha value is -1.65. The van der Waals surface area contributed by atoms with Gasteiger partial charge in [-0.3, -0.25) is 0 Å². The number of nitrogens with two attached hydrogens (primary N) is 1. The van der Waals surface area contributed by atoms with E-state index in [0.717, 1.165) is 6.07 Å².